The molecular formula is C23H25N3O3. The largest absolute Gasteiger partial charge is 0.497 e. The number of hydrogen-bond donors (Lipinski definition) is 2. The number of amides is 2. The minimum atomic E-state index is -0.479. The van der Waals surface area contributed by atoms with Crippen molar-refractivity contribution in [3.8, 4) is 5.75 Å². The number of H-pyrrole nitrogens is 1. The topological polar surface area (TPSA) is 74.4 Å². The van der Waals surface area contributed by atoms with Crippen LogP contribution in [-0.4, -0.2) is 36.5 Å². The van der Waals surface area contributed by atoms with E-state index < -0.39 is 6.04 Å². The van der Waals surface area contributed by atoms with Gasteiger partial charge in [0, 0.05) is 23.6 Å². The molecule has 2 N–H and O–H groups in total. The molecule has 4 rings (SSSR count). The Morgan fingerprint density at radius 3 is 2.79 bits per heavy atom. The first-order valence-electron chi connectivity index (χ1n) is 9.94. The zero-order valence-electron chi connectivity index (χ0n) is 16.7. The monoisotopic (exact) mass is 391 g/mol. The summed E-state index contributed by atoms with van der Waals surface area (Å²) in [6, 6.07) is 13.0. The van der Waals surface area contributed by atoms with E-state index in [9.17, 15) is 9.59 Å². The number of methoxy groups -OCH3 is 1. The van der Waals surface area contributed by atoms with E-state index >= 15 is 0 Å². The van der Waals surface area contributed by atoms with Gasteiger partial charge in [-0.25, -0.2) is 4.90 Å². The van der Waals surface area contributed by atoms with Crippen LogP contribution in [0.15, 0.2) is 48.7 Å². The number of nitrogens with one attached hydrogen (secondary N) is 2. The Bertz CT molecular complexity index is 1060. The predicted octanol–water partition coefficient (Wildman–Crippen LogP) is 3.20. The molecule has 6 nitrogen and oxygen atoms in total. The Balaban J connectivity index is 1.43. The lowest BCUT2D eigenvalue weighted by atomic mass is 10.1. The Labute approximate surface area is 169 Å². The zero-order chi connectivity index (χ0) is 20.4. The van der Waals surface area contributed by atoms with Crippen LogP contribution in [0.3, 0.4) is 0 Å². The Kier molecular flexibility index (Phi) is 5.36. The summed E-state index contributed by atoms with van der Waals surface area (Å²) in [6.45, 7) is 2.63. The fourth-order valence-corrected chi connectivity index (χ4v) is 3.94. The summed E-state index contributed by atoms with van der Waals surface area (Å²) in [6.07, 6.45) is 3.70. The van der Waals surface area contributed by atoms with E-state index in [1.54, 1.807) is 7.11 Å². The van der Waals surface area contributed by atoms with Gasteiger partial charge in [-0.1, -0.05) is 25.1 Å². The number of ether oxygens (including phenoxy) is 1. The van der Waals surface area contributed by atoms with Crippen LogP contribution in [-0.2, 0) is 22.4 Å². The van der Waals surface area contributed by atoms with Crippen molar-refractivity contribution in [3.63, 3.8) is 0 Å². The molecule has 1 saturated heterocycles. The van der Waals surface area contributed by atoms with Crippen molar-refractivity contribution in [2.75, 3.05) is 18.6 Å². The highest BCUT2D eigenvalue weighted by Gasteiger charge is 2.39. The number of aromatic amines is 1. The van der Waals surface area contributed by atoms with Crippen LogP contribution in [0.1, 0.15) is 24.5 Å². The molecule has 0 aliphatic carbocycles. The molecule has 1 atom stereocenters. The quantitative estimate of drug-likeness (QED) is 0.607. The Morgan fingerprint density at radius 1 is 1.17 bits per heavy atom. The third kappa shape index (κ3) is 3.63. The standard InChI is InChI=1S/C23H25N3O3/c1-3-15-6-4-5-7-21(15)26-22(27)13-20(23(26)28)24-11-10-16-14-25-19-9-8-17(29-2)12-18(16)19/h4-9,12,14,20,24-25H,3,10-11,13H2,1-2H3/t20-/m1/s1. The molecule has 1 aliphatic rings. The van der Waals surface area contributed by atoms with Crippen LogP contribution in [0.25, 0.3) is 10.9 Å². The van der Waals surface area contributed by atoms with Crippen LogP contribution < -0.4 is 15.0 Å². The van der Waals surface area contributed by atoms with Gasteiger partial charge in [-0.05, 0) is 48.2 Å². The van der Waals surface area contributed by atoms with Gasteiger partial charge in [-0.15, -0.1) is 0 Å². The van der Waals surface area contributed by atoms with Crippen molar-refractivity contribution in [1.29, 1.82) is 0 Å². The molecule has 0 bridgehead atoms. The summed E-state index contributed by atoms with van der Waals surface area (Å²) >= 11 is 0. The van der Waals surface area contributed by atoms with Gasteiger partial charge in [-0.3, -0.25) is 9.59 Å². The summed E-state index contributed by atoms with van der Waals surface area (Å²) in [7, 11) is 1.65. The van der Waals surface area contributed by atoms with Gasteiger partial charge in [0.1, 0.15) is 5.75 Å². The molecule has 3 aromatic rings. The molecular weight excluding hydrogens is 366 g/mol. The number of fused-ring (bicyclic) bond motifs is 1. The van der Waals surface area contributed by atoms with Gasteiger partial charge in [0.25, 0.3) is 5.91 Å². The first-order chi connectivity index (χ1) is 14.1. The number of aromatic nitrogens is 1. The molecule has 1 aromatic heterocycles. The van der Waals surface area contributed by atoms with E-state index in [4.69, 9.17) is 4.74 Å². The van der Waals surface area contributed by atoms with Crippen molar-refractivity contribution < 1.29 is 14.3 Å². The molecule has 0 saturated carbocycles. The Hall–Kier alpha value is -3.12. The number of benzene rings is 2. The number of hydrogen-bond acceptors (Lipinski definition) is 4. The highest BCUT2D eigenvalue weighted by Crippen LogP contribution is 2.27. The van der Waals surface area contributed by atoms with Crippen LogP contribution in [0.5, 0.6) is 5.75 Å². The lowest BCUT2D eigenvalue weighted by Crippen LogP contribution is -2.39. The SMILES string of the molecule is CCc1ccccc1N1C(=O)C[C@@H](NCCc2c[nH]c3ccc(OC)cc23)C1=O. The van der Waals surface area contributed by atoms with Crippen molar-refractivity contribution in [3.05, 3.63) is 59.8 Å². The predicted molar refractivity (Wildman–Crippen MR) is 113 cm³/mol. The van der Waals surface area contributed by atoms with Gasteiger partial charge in [-0.2, -0.15) is 0 Å². The molecule has 2 heterocycles. The lowest BCUT2D eigenvalue weighted by Gasteiger charge is -2.18. The number of anilines is 1. The molecule has 2 aromatic carbocycles. The van der Waals surface area contributed by atoms with E-state index in [1.165, 1.54) is 4.90 Å². The van der Waals surface area contributed by atoms with E-state index in [0.29, 0.717) is 12.2 Å². The van der Waals surface area contributed by atoms with E-state index in [0.717, 1.165) is 40.6 Å². The average molecular weight is 391 g/mol. The molecule has 0 radical (unpaired) electrons. The first-order valence-corrected chi connectivity index (χ1v) is 9.94. The maximum atomic E-state index is 12.9. The molecule has 29 heavy (non-hydrogen) atoms. The minimum Gasteiger partial charge on any atom is -0.497 e. The number of carbonyl (C=O) groups is 2. The molecule has 1 aliphatic heterocycles. The van der Waals surface area contributed by atoms with Gasteiger partial charge in [0.05, 0.1) is 25.3 Å². The molecule has 2 amide bonds. The number of para-hydroxylation sites is 1. The lowest BCUT2D eigenvalue weighted by molar-refractivity contribution is -0.121. The van der Waals surface area contributed by atoms with Gasteiger partial charge >= 0.3 is 0 Å². The van der Waals surface area contributed by atoms with E-state index in [-0.39, 0.29) is 18.2 Å². The minimum absolute atomic E-state index is 0.148. The molecule has 150 valence electrons. The third-order valence-corrected chi connectivity index (χ3v) is 5.52. The highest BCUT2D eigenvalue weighted by atomic mass is 16.5. The fourth-order valence-electron chi connectivity index (χ4n) is 3.94. The van der Waals surface area contributed by atoms with Crippen LogP contribution in [0.2, 0.25) is 0 Å². The van der Waals surface area contributed by atoms with Gasteiger partial charge in [0.15, 0.2) is 0 Å². The highest BCUT2D eigenvalue weighted by molar-refractivity contribution is 6.22. The molecule has 1 fully saturated rings. The number of rotatable bonds is 7. The summed E-state index contributed by atoms with van der Waals surface area (Å²) in [4.78, 5) is 30.0. The molecule has 0 spiro atoms. The normalized spacial score (nSPS) is 16.8. The number of carbonyl (C=O) groups excluding carboxylic acids is 2. The first kappa shape index (κ1) is 19.2. The summed E-state index contributed by atoms with van der Waals surface area (Å²) in [5.41, 5.74) is 3.91. The van der Waals surface area contributed by atoms with Crippen LogP contribution in [0.4, 0.5) is 5.69 Å². The maximum Gasteiger partial charge on any atom is 0.251 e. The second kappa shape index (κ2) is 8.09. The van der Waals surface area contributed by atoms with Crippen LogP contribution >= 0.6 is 0 Å². The number of imide groups is 1. The molecule has 6 heteroatoms. The summed E-state index contributed by atoms with van der Waals surface area (Å²) < 4.78 is 5.31. The van der Waals surface area contributed by atoms with Crippen molar-refractivity contribution in [2.45, 2.75) is 32.2 Å². The van der Waals surface area contributed by atoms with Crippen molar-refractivity contribution in [2.24, 2.45) is 0 Å². The van der Waals surface area contributed by atoms with Gasteiger partial charge in [0.2, 0.25) is 5.91 Å². The van der Waals surface area contributed by atoms with E-state index in [2.05, 4.69) is 10.3 Å². The van der Waals surface area contributed by atoms with Crippen molar-refractivity contribution >= 4 is 28.4 Å². The van der Waals surface area contributed by atoms with E-state index in [1.807, 2.05) is 55.6 Å². The summed E-state index contributed by atoms with van der Waals surface area (Å²) in [5.74, 6) is 0.495. The fraction of sp³-hybridized carbons (Fsp3) is 0.304. The number of aryl methyl sites for hydroxylation is 1. The van der Waals surface area contributed by atoms with Gasteiger partial charge < -0.3 is 15.0 Å². The van der Waals surface area contributed by atoms with Crippen molar-refractivity contribution in [1.82, 2.24) is 10.3 Å². The second-order valence-corrected chi connectivity index (χ2v) is 7.24. The zero-order valence-corrected chi connectivity index (χ0v) is 16.7. The maximum absolute atomic E-state index is 12.9. The third-order valence-electron chi connectivity index (χ3n) is 5.52. The summed E-state index contributed by atoms with van der Waals surface area (Å²) in [5, 5.41) is 4.38. The van der Waals surface area contributed by atoms with Crippen LogP contribution in [0, 0.1) is 0 Å². The number of nitrogens with zero attached hydrogens (tertiary/aromatic N) is 1. The average Bonchev–Trinajstić information content (AvgIpc) is 3.27. The Morgan fingerprint density at radius 2 is 2.00 bits per heavy atom. The second-order valence-electron chi connectivity index (χ2n) is 7.24. The smallest absolute Gasteiger partial charge is 0.251 e. The molecule has 0 unspecified atom stereocenters.